The van der Waals surface area contributed by atoms with Crippen molar-refractivity contribution in [2.75, 3.05) is 4.90 Å². The number of hydrogen-bond acceptors (Lipinski definition) is 3. The van der Waals surface area contributed by atoms with Gasteiger partial charge < -0.3 is 0 Å². The summed E-state index contributed by atoms with van der Waals surface area (Å²) >= 11 is -7.04. The molecular formula is C24H14BiF2NO2. The first-order valence-corrected chi connectivity index (χ1v) is 17.5. The van der Waals surface area contributed by atoms with Crippen LogP contribution in [0.15, 0.2) is 84.9 Å². The van der Waals surface area contributed by atoms with E-state index in [-0.39, 0.29) is 32.8 Å². The Morgan fingerprint density at radius 1 is 0.533 bits per heavy atom. The molecule has 6 heteroatoms. The molecule has 0 unspecified atom stereocenters. The van der Waals surface area contributed by atoms with Crippen molar-refractivity contribution in [3.05, 3.63) is 84.9 Å². The molecule has 0 bridgehead atoms. The van der Waals surface area contributed by atoms with Crippen LogP contribution in [0.2, 0.25) is 0 Å². The van der Waals surface area contributed by atoms with E-state index in [0.717, 1.165) is 5.69 Å². The summed E-state index contributed by atoms with van der Waals surface area (Å²) in [7, 11) is 0. The van der Waals surface area contributed by atoms with Crippen LogP contribution in [-0.4, -0.2) is 20.0 Å². The zero-order valence-electron chi connectivity index (χ0n) is 15.5. The number of halogens is 2. The number of benzene rings is 4. The Morgan fingerprint density at radius 2 is 1.00 bits per heavy atom. The van der Waals surface area contributed by atoms with Crippen LogP contribution in [0.4, 0.5) is 22.3 Å². The summed E-state index contributed by atoms with van der Waals surface area (Å²) in [5.74, 6) is 0.920. The van der Waals surface area contributed by atoms with Crippen molar-refractivity contribution in [2.45, 2.75) is 0 Å². The minimum absolute atomic E-state index is 0.0175. The fourth-order valence-corrected chi connectivity index (χ4v) is 19.9. The van der Waals surface area contributed by atoms with Gasteiger partial charge in [-0.3, -0.25) is 0 Å². The van der Waals surface area contributed by atoms with E-state index in [1.165, 1.54) is 0 Å². The van der Waals surface area contributed by atoms with E-state index in [1.54, 1.807) is 54.6 Å². The molecule has 3 heterocycles. The van der Waals surface area contributed by atoms with Crippen molar-refractivity contribution in [1.82, 2.24) is 0 Å². The van der Waals surface area contributed by atoms with E-state index in [9.17, 15) is 0 Å². The zero-order valence-corrected chi connectivity index (χ0v) is 19.0. The molecule has 0 N–H and O–H groups in total. The van der Waals surface area contributed by atoms with E-state index in [0.29, 0.717) is 11.4 Å². The first kappa shape index (κ1) is 16.8. The number of nitrogens with zero attached hydrogens (tertiary/aromatic N) is 1. The summed E-state index contributed by atoms with van der Waals surface area (Å²) in [6, 6.07) is 25.0. The molecule has 30 heavy (non-hydrogen) atoms. The topological polar surface area (TPSA) is 21.7 Å². The van der Waals surface area contributed by atoms with Crippen LogP contribution < -0.4 is 24.2 Å². The van der Waals surface area contributed by atoms with Crippen LogP contribution in [0.25, 0.3) is 0 Å². The van der Waals surface area contributed by atoms with Gasteiger partial charge in [-0.15, -0.1) is 0 Å². The Labute approximate surface area is 174 Å². The third-order valence-electron chi connectivity index (χ3n) is 6.03. The predicted molar refractivity (Wildman–Crippen MR) is 115 cm³/mol. The summed E-state index contributed by atoms with van der Waals surface area (Å²) in [5, 5.41) is 0. The third-order valence-corrected chi connectivity index (χ3v) is 20.4. The molecule has 0 saturated carbocycles. The van der Waals surface area contributed by atoms with Gasteiger partial charge in [0.05, 0.1) is 0 Å². The van der Waals surface area contributed by atoms with Crippen LogP contribution in [0.5, 0.6) is 23.0 Å². The second-order valence-corrected chi connectivity index (χ2v) is 19.9. The number of anilines is 3. The van der Waals surface area contributed by atoms with Gasteiger partial charge in [0.2, 0.25) is 0 Å². The summed E-state index contributed by atoms with van der Waals surface area (Å²) in [4.78, 5) is 1.90. The monoisotopic (exact) mass is 595 g/mol. The van der Waals surface area contributed by atoms with Crippen molar-refractivity contribution >= 4 is 46.9 Å². The predicted octanol–water partition coefficient (Wildman–Crippen LogP) is 5.04. The molecule has 0 atom stereocenters. The van der Waals surface area contributed by atoms with Crippen molar-refractivity contribution in [3.63, 3.8) is 0 Å². The first-order valence-electron chi connectivity index (χ1n) is 9.64. The van der Waals surface area contributed by atoms with Crippen LogP contribution in [-0.2, 0) is 0 Å². The Morgan fingerprint density at radius 3 is 1.53 bits per heavy atom. The van der Waals surface area contributed by atoms with E-state index in [2.05, 4.69) is 0 Å². The maximum absolute atomic E-state index is 17.6. The van der Waals surface area contributed by atoms with E-state index < -0.39 is 20.0 Å². The summed E-state index contributed by atoms with van der Waals surface area (Å²) in [6.45, 7) is 0. The molecule has 4 aromatic rings. The molecule has 0 saturated heterocycles. The normalized spacial score (nSPS) is 18.9. The van der Waals surface area contributed by atoms with Gasteiger partial charge in [0.25, 0.3) is 0 Å². The molecule has 4 aromatic carbocycles. The molecule has 0 aliphatic carbocycles. The maximum atomic E-state index is 17.6. The summed E-state index contributed by atoms with van der Waals surface area (Å²) < 4.78 is 47.4. The van der Waals surface area contributed by atoms with Crippen LogP contribution >= 0.6 is 0 Å². The molecule has 7 rings (SSSR count). The molecule has 0 fully saturated rings. The molecule has 0 spiro atoms. The molecule has 0 amide bonds. The minimum atomic E-state index is -7.04. The average molecular weight is 595 g/mol. The van der Waals surface area contributed by atoms with Gasteiger partial charge in [-0.2, -0.15) is 0 Å². The molecular weight excluding hydrogens is 581 g/mol. The summed E-state index contributed by atoms with van der Waals surface area (Å²) in [6.07, 6.45) is 0. The van der Waals surface area contributed by atoms with Crippen molar-refractivity contribution in [1.29, 1.82) is 0 Å². The summed E-state index contributed by atoms with van der Waals surface area (Å²) in [5.41, 5.74) is 1.80. The molecule has 0 radical (unpaired) electrons. The van der Waals surface area contributed by atoms with Gasteiger partial charge >= 0.3 is 174 Å². The van der Waals surface area contributed by atoms with Crippen molar-refractivity contribution < 1.29 is 14.7 Å². The molecule has 0 aromatic heterocycles. The Balaban J connectivity index is 1.71. The second-order valence-electron chi connectivity index (χ2n) is 7.63. The van der Waals surface area contributed by atoms with E-state index >= 15 is 5.25 Å². The number of rotatable bonds is 1. The fourth-order valence-electron chi connectivity index (χ4n) is 4.95. The van der Waals surface area contributed by atoms with Gasteiger partial charge in [0.15, 0.2) is 0 Å². The zero-order chi connectivity index (χ0) is 20.1. The van der Waals surface area contributed by atoms with Crippen LogP contribution in [0.3, 0.4) is 0 Å². The molecule has 3 aliphatic heterocycles. The Kier molecular flexibility index (Phi) is 2.90. The van der Waals surface area contributed by atoms with Crippen molar-refractivity contribution in [3.8, 4) is 23.0 Å². The van der Waals surface area contributed by atoms with Gasteiger partial charge in [0, 0.05) is 0 Å². The first-order chi connectivity index (χ1) is 14.6. The third kappa shape index (κ3) is 1.74. The fraction of sp³-hybridized carbons (Fsp3) is 0. The van der Waals surface area contributed by atoms with E-state index in [4.69, 9.17) is 9.47 Å². The van der Waals surface area contributed by atoms with E-state index in [1.807, 2.05) is 35.2 Å². The van der Waals surface area contributed by atoms with Gasteiger partial charge in [-0.1, -0.05) is 0 Å². The Bertz CT molecular complexity index is 1320. The van der Waals surface area contributed by atoms with Crippen LogP contribution in [0, 0.1) is 0 Å². The SMILES string of the molecule is [F][Bi]12([F])[c]3c4cccc3Oc3cccc([c]31)N(c1ccccc1)c1cccc([c]12)O4. The van der Waals surface area contributed by atoms with Gasteiger partial charge in [-0.25, -0.2) is 0 Å². The van der Waals surface area contributed by atoms with Gasteiger partial charge in [-0.05, 0) is 0 Å². The number of ether oxygens (including phenoxy) is 2. The van der Waals surface area contributed by atoms with Gasteiger partial charge in [0.1, 0.15) is 0 Å². The average Bonchev–Trinajstić information content (AvgIpc) is 2.74. The van der Waals surface area contributed by atoms with Crippen molar-refractivity contribution in [2.24, 2.45) is 0 Å². The molecule has 3 nitrogen and oxygen atoms in total. The quantitative estimate of drug-likeness (QED) is 0.254. The Hall–Kier alpha value is -2.98. The molecule has 146 valence electrons. The van der Waals surface area contributed by atoms with Crippen LogP contribution in [0.1, 0.15) is 0 Å². The number of para-hydroxylation sites is 1. The molecule has 3 aliphatic rings. The standard InChI is InChI=1S/C24H14NO2.Bi.2FH/c1-2-7-18(8-3-1)25-19-9-4-11-21(15-19)26-23-13-6-14-24(17-23)27-22-12-5-10-20(25)16-22;;;/h1-14H;;2*1H/q;+2;;/p-2. The number of hydrogen-bond donors (Lipinski definition) is 0. The second kappa shape index (κ2) is 5.19.